The number of aromatic nitrogens is 1. The van der Waals surface area contributed by atoms with E-state index >= 15 is 0 Å². The Bertz CT molecular complexity index is 1020. The third-order valence-electron chi connectivity index (χ3n) is 3.58. The smallest absolute Gasteiger partial charge is 0.277 e. The van der Waals surface area contributed by atoms with Crippen LogP contribution in [-0.2, 0) is 0 Å². The highest BCUT2D eigenvalue weighted by atomic mass is 35.5. The first-order chi connectivity index (χ1) is 12.3. The van der Waals surface area contributed by atoms with E-state index in [2.05, 4.69) is 10.3 Å². The molecule has 0 aliphatic rings. The number of non-ortho nitro benzene ring substituents is 1. The fourth-order valence-corrected chi connectivity index (χ4v) is 2.48. The first-order valence-electron chi connectivity index (χ1n) is 7.32. The zero-order valence-corrected chi connectivity index (χ0v) is 14.8. The molecule has 1 amide bonds. The molecule has 1 aromatic heterocycles. The summed E-state index contributed by atoms with van der Waals surface area (Å²) >= 11 is 11.8. The van der Waals surface area contributed by atoms with Gasteiger partial charge in [0.2, 0.25) is 5.89 Å². The number of nitro groups is 1. The zero-order chi connectivity index (χ0) is 18.8. The van der Waals surface area contributed by atoms with E-state index in [4.69, 9.17) is 27.6 Å². The van der Waals surface area contributed by atoms with Gasteiger partial charge in [-0.05, 0) is 30.7 Å². The van der Waals surface area contributed by atoms with Gasteiger partial charge < -0.3 is 9.73 Å². The van der Waals surface area contributed by atoms with Gasteiger partial charge in [-0.1, -0.05) is 29.3 Å². The molecule has 0 radical (unpaired) electrons. The van der Waals surface area contributed by atoms with Gasteiger partial charge in [0, 0.05) is 17.7 Å². The number of nitrogens with zero attached hydrogens (tertiary/aromatic N) is 2. The Kier molecular flexibility index (Phi) is 4.92. The van der Waals surface area contributed by atoms with Crippen molar-refractivity contribution in [1.29, 1.82) is 0 Å². The maximum absolute atomic E-state index is 12.4. The topological polar surface area (TPSA) is 98.3 Å². The van der Waals surface area contributed by atoms with Gasteiger partial charge in [-0.25, -0.2) is 4.98 Å². The molecule has 0 fully saturated rings. The van der Waals surface area contributed by atoms with Crippen LogP contribution < -0.4 is 5.32 Å². The Morgan fingerprint density at radius 1 is 1.19 bits per heavy atom. The minimum Gasteiger partial charge on any atom is -0.444 e. The van der Waals surface area contributed by atoms with E-state index in [1.807, 2.05) is 0 Å². The van der Waals surface area contributed by atoms with Crippen molar-refractivity contribution in [2.45, 2.75) is 6.92 Å². The summed E-state index contributed by atoms with van der Waals surface area (Å²) in [5, 5.41) is 14.2. The number of oxazole rings is 1. The van der Waals surface area contributed by atoms with Crippen LogP contribution in [0.3, 0.4) is 0 Å². The van der Waals surface area contributed by atoms with Gasteiger partial charge in [0.1, 0.15) is 6.26 Å². The minimum absolute atomic E-state index is 0.0250. The molecule has 0 unspecified atom stereocenters. The molecule has 132 valence electrons. The lowest BCUT2D eigenvalue weighted by atomic mass is 10.2. The molecule has 0 spiro atoms. The number of amides is 1. The normalized spacial score (nSPS) is 10.6. The number of hydrogen-bond donors (Lipinski definition) is 1. The Hall–Kier alpha value is -2.90. The average molecular weight is 392 g/mol. The number of anilines is 1. The van der Waals surface area contributed by atoms with Crippen molar-refractivity contribution in [3.8, 4) is 11.5 Å². The molecule has 3 aromatic rings. The van der Waals surface area contributed by atoms with E-state index in [1.54, 1.807) is 31.2 Å². The van der Waals surface area contributed by atoms with Crippen molar-refractivity contribution >= 4 is 40.5 Å². The standard InChI is InChI=1S/C17H11Cl2N3O4/c1-9-2-4-11(22(24)25)7-14(9)20-16(23)15-8-26-17(21-15)10-3-5-12(18)13(19)6-10/h2-8H,1H3,(H,20,23). The molecule has 0 aliphatic heterocycles. The van der Waals surface area contributed by atoms with Crippen molar-refractivity contribution < 1.29 is 14.1 Å². The second kappa shape index (κ2) is 7.15. The third kappa shape index (κ3) is 3.68. The molecule has 26 heavy (non-hydrogen) atoms. The second-order valence-electron chi connectivity index (χ2n) is 5.38. The quantitative estimate of drug-likeness (QED) is 0.491. The van der Waals surface area contributed by atoms with Gasteiger partial charge in [-0.2, -0.15) is 0 Å². The summed E-state index contributed by atoms with van der Waals surface area (Å²) in [5.41, 5.74) is 1.46. The SMILES string of the molecule is Cc1ccc([N+](=O)[O-])cc1NC(=O)c1coc(-c2ccc(Cl)c(Cl)c2)n1. The number of carbonyl (C=O) groups is 1. The highest BCUT2D eigenvalue weighted by Crippen LogP contribution is 2.28. The first kappa shape index (κ1) is 17.9. The predicted octanol–water partition coefficient (Wildman–Crippen LogP) is 5.12. The molecule has 1 N–H and O–H groups in total. The number of nitrogens with one attached hydrogen (secondary N) is 1. The van der Waals surface area contributed by atoms with Crippen LogP contribution in [-0.4, -0.2) is 15.8 Å². The summed E-state index contributed by atoms with van der Waals surface area (Å²) in [6.07, 6.45) is 1.19. The van der Waals surface area contributed by atoms with Crippen molar-refractivity contribution in [2.24, 2.45) is 0 Å². The first-order valence-corrected chi connectivity index (χ1v) is 8.08. The van der Waals surface area contributed by atoms with Crippen molar-refractivity contribution in [3.05, 3.63) is 74.1 Å². The van der Waals surface area contributed by atoms with E-state index in [1.165, 1.54) is 18.4 Å². The van der Waals surface area contributed by atoms with Crippen LogP contribution in [0.5, 0.6) is 0 Å². The highest BCUT2D eigenvalue weighted by molar-refractivity contribution is 6.42. The second-order valence-corrected chi connectivity index (χ2v) is 6.19. The largest absolute Gasteiger partial charge is 0.444 e. The third-order valence-corrected chi connectivity index (χ3v) is 4.32. The minimum atomic E-state index is -0.552. The molecule has 0 aliphatic carbocycles. The van der Waals surface area contributed by atoms with E-state index in [0.29, 0.717) is 26.9 Å². The number of rotatable bonds is 4. The molecule has 7 nitrogen and oxygen atoms in total. The van der Waals surface area contributed by atoms with Crippen LogP contribution in [0.15, 0.2) is 47.1 Å². The lowest BCUT2D eigenvalue weighted by molar-refractivity contribution is -0.384. The summed E-state index contributed by atoms with van der Waals surface area (Å²) in [4.78, 5) is 26.8. The van der Waals surface area contributed by atoms with E-state index in [9.17, 15) is 14.9 Å². The predicted molar refractivity (Wildman–Crippen MR) is 97.7 cm³/mol. The summed E-state index contributed by atoms with van der Waals surface area (Å²) in [7, 11) is 0. The molecule has 2 aromatic carbocycles. The number of benzene rings is 2. The monoisotopic (exact) mass is 391 g/mol. The zero-order valence-electron chi connectivity index (χ0n) is 13.3. The summed E-state index contributed by atoms with van der Waals surface area (Å²) in [5.74, 6) is -0.354. The molecular weight excluding hydrogens is 381 g/mol. The highest BCUT2D eigenvalue weighted by Gasteiger charge is 2.17. The molecule has 0 atom stereocenters. The van der Waals surface area contributed by atoms with Crippen molar-refractivity contribution in [1.82, 2.24) is 4.98 Å². The number of aryl methyl sites for hydroxylation is 1. The van der Waals surface area contributed by atoms with Crippen LogP contribution in [0.1, 0.15) is 16.1 Å². The Morgan fingerprint density at radius 3 is 2.65 bits per heavy atom. The van der Waals surface area contributed by atoms with E-state index < -0.39 is 10.8 Å². The molecule has 9 heteroatoms. The number of carbonyl (C=O) groups excluding carboxylic acids is 1. The summed E-state index contributed by atoms with van der Waals surface area (Å²) < 4.78 is 5.31. The van der Waals surface area contributed by atoms with Crippen molar-refractivity contribution in [2.75, 3.05) is 5.32 Å². The number of hydrogen-bond acceptors (Lipinski definition) is 5. The summed E-state index contributed by atoms with van der Waals surface area (Å²) in [6, 6.07) is 9.03. The van der Waals surface area contributed by atoms with E-state index in [0.717, 1.165) is 0 Å². The van der Waals surface area contributed by atoms with Gasteiger partial charge in [0.05, 0.1) is 20.7 Å². The Labute approximate surface area is 157 Å². The van der Waals surface area contributed by atoms with Crippen LogP contribution in [0, 0.1) is 17.0 Å². The van der Waals surface area contributed by atoms with E-state index in [-0.39, 0.29) is 17.3 Å². The average Bonchev–Trinajstić information content (AvgIpc) is 3.09. The molecule has 1 heterocycles. The molecule has 3 rings (SSSR count). The molecular formula is C17H11Cl2N3O4. The summed E-state index contributed by atoms with van der Waals surface area (Å²) in [6.45, 7) is 1.73. The van der Waals surface area contributed by atoms with Crippen LogP contribution in [0.2, 0.25) is 10.0 Å². The van der Waals surface area contributed by atoms with Gasteiger partial charge in [-0.3, -0.25) is 14.9 Å². The van der Waals surface area contributed by atoms with Crippen LogP contribution in [0.4, 0.5) is 11.4 Å². The molecule has 0 bridgehead atoms. The fourth-order valence-electron chi connectivity index (χ4n) is 2.18. The number of halogens is 2. The fraction of sp³-hybridized carbons (Fsp3) is 0.0588. The molecule has 0 saturated heterocycles. The maximum Gasteiger partial charge on any atom is 0.277 e. The Balaban J connectivity index is 1.83. The van der Waals surface area contributed by atoms with Gasteiger partial charge in [0.15, 0.2) is 5.69 Å². The van der Waals surface area contributed by atoms with Gasteiger partial charge >= 0.3 is 0 Å². The van der Waals surface area contributed by atoms with Gasteiger partial charge in [-0.15, -0.1) is 0 Å². The number of nitro benzene ring substituents is 1. The van der Waals surface area contributed by atoms with Crippen molar-refractivity contribution in [3.63, 3.8) is 0 Å². The van der Waals surface area contributed by atoms with Gasteiger partial charge in [0.25, 0.3) is 11.6 Å². The van der Waals surface area contributed by atoms with Crippen LogP contribution >= 0.6 is 23.2 Å². The van der Waals surface area contributed by atoms with Crippen LogP contribution in [0.25, 0.3) is 11.5 Å². The lowest BCUT2D eigenvalue weighted by Gasteiger charge is -2.06. The Morgan fingerprint density at radius 2 is 1.96 bits per heavy atom. The molecule has 0 saturated carbocycles. The maximum atomic E-state index is 12.4. The lowest BCUT2D eigenvalue weighted by Crippen LogP contribution is -2.13.